The molecule has 0 spiro atoms. The van der Waals surface area contributed by atoms with Crippen LogP contribution in [-0.4, -0.2) is 26.3 Å². The van der Waals surface area contributed by atoms with Crippen molar-refractivity contribution in [3.63, 3.8) is 0 Å². The summed E-state index contributed by atoms with van der Waals surface area (Å²) >= 11 is 3.41. The van der Waals surface area contributed by atoms with Gasteiger partial charge in [-0.25, -0.2) is 0 Å². The Morgan fingerprint density at radius 2 is 1.62 bits per heavy atom. The van der Waals surface area contributed by atoms with Gasteiger partial charge in [0.25, 0.3) is 0 Å². The molecule has 162 valence electrons. The first kappa shape index (κ1) is 20.6. The molecule has 5 rings (SSSR count). The van der Waals surface area contributed by atoms with Crippen molar-refractivity contribution in [1.82, 2.24) is 14.3 Å². The van der Waals surface area contributed by atoms with Gasteiger partial charge in [-0.05, 0) is 42.0 Å². The molecule has 6 heteroatoms. The van der Waals surface area contributed by atoms with Gasteiger partial charge < -0.3 is 14.0 Å². The summed E-state index contributed by atoms with van der Waals surface area (Å²) in [7, 11) is 4.05. The van der Waals surface area contributed by atoms with Crippen molar-refractivity contribution in [3.05, 3.63) is 78.4 Å². The van der Waals surface area contributed by atoms with Crippen molar-refractivity contribution in [2.45, 2.75) is 6.61 Å². The van der Waals surface area contributed by atoms with Crippen LogP contribution in [-0.2, 0) is 20.7 Å². The van der Waals surface area contributed by atoms with E-state index in [2.05, 4.69) is 70.0 Å². The number of hydrogen-bond donors (Lipinski definition) is 0. The maximum atomic E-state index is 6.08. The molecule has 2 aromatic heterocycles. The quantitative estimate of drug-likeness (QED) is 0.260. The van der Waals surface area contributed by atoms with Crippen molar-refractivity contribution in [2.24, 2.45) is 14.1 Å². The van der Waals surface area contributed by atoms with Crippen molar-refractivity contribution in [2.75, 3.05) is 11.9 Å². The van der Waals surface area contributed by atoms with E-state index in [0.717, 1.165) is 55.6 Å². The van der Waals surface area contributed by atoms with Crippen LogP contribution in [0.25, 0.3) is 33.2 Å². The SMILES string of the molecule is Cn1nc(-c2cc3ccc(OCCBr)cc3n2C)c2cc(OCc3ccccc3)ccc21. The van der Waals surface area contributed by atoms with E-state index in [1.54, 1.807) is 0 Å². The van der Waals surface area contributed by atoms with E-state index >= 15 is 0 Å². The topological polar surface area (TPSA) is 41.2 Å². The highest BCUT2D eigenvalue weighted by Crippen LogP contribution is 2.34. The first-order valence-electron chi connectivity index (χ1n) is 10.6. The minimum atomic E-state index is 0.535. The second-order valence-electron chi connectivity index (χ2n) is 7.77. The van der Waals surface area contributed by atoms with E-state index in [0.29, 0.717) is 13.2 Å². The van der Waals surface area contributed by atoms with E-state index in [1.165, 1.54) is 0 Å². The zero-order valence-corrected chi connectivity index (χ0v) is 19.7. The van der Waals surface area contributed by atoms with Gasteiger partial charge in [-0.15, -0.1) is 0 Å². The molecule has 2 heterocycles. The number of rotatable bonds is 7. The maximum absolute atomic E-state index is 6.08. The monoisotopic (exact) mass is 489 g/mol. The summed E-state index contributed by atoms with van der Waals surface area (Å²) < 4.78 is 16.0. The van der Waals surface area contributed by atoms with Gasteiger partial charge in [0, 0.05) is 36.3 Å². The first-order chi connectivity index (χ1) is 15.6. The summed E-state index contributed by atoms with van der Waals surface area (Å²) in [4.78, 5) is 0. The zero-order valence-electron chi connectivity index (χ0n) is 18.1. The zero-order chi connectivity index (χ0) is 22.1. The number of halogens is 1. The fraction of sp³-hybridized carbons (Fsp3) is 0.192. The second kappa shape index (κ2) is 8.71. The Morgan fingerprint density at radius 3 is 2.44 bits per heavy atom. The van der Waals surface area contributed by atoms with Crippen LogP contribution in [0.2, 0.25) is 0 Å². The van der Waals surface area contributed by atoms with Crippen LogP contribution in [0.1, 0.15) is 5.56 Å². The predicted octanol–water partition coefficient (Wildman–Crippen LogP) is 6.08. The molecule has 0 saturated heterocycles. The number of hydrogen-bond acceptors (Lipinski definition) is 3. The number of aryl methyl sites for hydroxylation is 2. The van der Waals surface area contributed by atoms with Crippen molar-refractivity contribution < 1.29 is 9.47 Å². The summed E-state index contributed by atoms with van der Waals surface area (Å²) in [5, 5.41) is 7.88. The molecule has 0 atom stereocenters. The molecule has 0 aliphatic rings. The lowest BCUT2D eigenvalue weighted by atomic mass is 10.1. The molecule has 0 unspecified atom stereocenters. The fourth-order valence-corrected chi connectivity index (χ4v) is 4.21. The van der Waals surface area contributed by atoms with E-state index in [1.807, 2.05) is 42.1 Å². The summed E-state index contributed by atoms with van der Waals surface area (Å²) in [6.07, 6.45) is 0. The molecule has 32 heavy (non-hydrogen) atoms. The lowest BCUT2D eigenvalue weighted by Gasteiger charge is -2.07. The Labute approximate surface area is 195 Å². The molecular weight excluding hydrogens is 466 g/mol. The highest BCUT2D eigenvalue weighted by Gasteiger charge is 2.17. The Morgan fingerprint density at radius 1 is 0.844 bits per heavy atom. The molecule has 5 nitrogen and oxygen atoms in total. The van der Waals surface area contributed by atoms with Gasteiger partial charge in [-0.3, -0.25) is 4.68 Å². The van der Waals surface area contributed by atoms with Crippen LogP contribution in [0.5, 0.6) is 11.5 Å². The number of ether oxygens (including phenoxy) is 2. The summed E-state index contributed by atoms with van der Waals surface area (Å²) in [5.74, 6) is 1.70. The second-order valence-corrected chi connectivity index (χ2v) is 8.57. The van der Waals surface area contributed by atoms with E-state index in [9.17, 15) is 0 Å². The number of nitrogens with zero attached hydrogens (tertiary/aromatic N) is 3. The van der Waals surface area contributed by atoms with Gasteiger partial charge in [-0.1, -0.05) is 46.3 Å². The van der Waals surface area contributed by atoms with E-state index in [4.69, 9.17) is 14.6 Å². The van der Waals surface area contributed by atoms with Gasteiger partial charge in [0.2, 0.25) is 0 Å². The molecule has 0 bridgehead atoms. The number of benzene rings is 3. The van der Waals surface area contributed by atoms with Gasteiger partial charge in [0.1, 0.15) is 23.8 Å². The molecule has 0 aliphatic heterocycles. The van der Waals surface area contributed by atoms with E-state index < -0.39 is 0 Å². The Balaban J connectivity index is 1.53. The van der Waals surface area contributed by atoms with Gasteiger partial charge in [-0.2, -0.15) is 5.10 Å². The van der Waals surface area contributed by atoms with Gasteiger partial charge in [0.05, 0.1) is 23.3 Å². The highest BCUT2D eigenvalue weighted by molar-refractivity contribution is 9.09. The minimum Gasteiger partial charge on any atom is -0.493 e. The van der Waals surface area contributed by atoms with Crippen molar-refractivity contribution in [1.29, 1.82) is 0 Å². The number of alkyl halides is 1. The minimum absolute atomic E-state index is 0.535. The third-order valence-electron chi connectivity index (χ3n) is 5.68. The summed E-state index contributed by atoms with van der Waals surface area (Å²) in [6.45, 7) is 1.17. The molecule has 5 aromatic rings. The largest absolute Gasteiger partial charge is 0.493 e. The van der Waals surface area contributed by atoms with Crippen LogP contribution in [0.3, 0.4) is 0 Å². The predicted molar refractivity (Wildman–Crippen MR) is 133 cm³/mol. The van der Waals surface area contributed by atoms with E-state index in [-0.39, 0.29) is 0 Å². The first-order valence-corrected chi connectivity index (χ1v) is 11.7. The van der Waals surface area contributed by atoms with Crippen LogP contribution < -0.4 is 9.47 Å². The molecule has 3 aromatic carbocycles. The Kier molecular flexibility index (Phi) is 5.62. The van der Waals surface area contributed by atoms with Crippen LogP contribution >= 0.6 is 15.9 Å². The summed E-state index contributed by atoms with van der Waals surface area (Å²) in [6, 6.07) is 24.7. The molecular formula is C26H24BrN3O2. The molecule has 0 radical (unpaired) electrons. The lowest BCUT2D eigenvalue weighted by molar-refractivity contribution is 0.306. The standard InChI is InChI=1S/C26H24BrN3O2/c1-29-24-16-21(31-13-12-27)9-8-19(24)14-25(29)26-22-15-20(10-11-23(22)30(2)28-26)32-17-18-6-4-3-5-7-18/h3-11,14-16H,12-13,17H2,1-2H3. The Bertz CT molecular complexity index is 1390. The average Bonchev–Trinajstić information content (AvgIpc) is 3.33. The van der Waals surface area contributed by atoms with Crippen LogP contribution in [0.4, 0.5) is 0 Å². The Hall–Kier alpha value is -3.25. The summed E-state index contributed by atoms with van der Waals surface area (Å²) in [5.41, 5.74) is 5.32. The average molecular weight is 490 g/mol. The lowest BCUT2D eigenvalue weighted by Crippen LogP contribution is -1.98. The maximum Gasteiger partial charge on any atom is 0.121 e. The van der Waals surface area contributed by atoms with Crippen LogP contribution in [0, 0.1) is 0 Å². The van der Waals surface area contributed by atoms with Crippen LogP contribution in [0.15, 0.2) is 72.8 Å². The highest BCUT2D eigenvalue weighted by atomic mass is 79.9. The molecule has 0 N–H and O–H groups in total. The van der Waals surface area contributed by atoms with Gasteiger partial charge in [0.15, 0.2) is 0 Å². The van der Waals surface area contributed by atoms with Gasteiger partial charge >= 0.3 is 0 Å². The number of fused-ring (bicyclic) bond motifs is 2. The molecule has 0 aliphatic carbocycles. The third kappa shape index (κ3) is 3.86. The third-order valence-corrected chi connectivity index (χ3v) is 6.00. The smallest absolute Gasteiger partial charge is 0.121 e. The molecule has 0 saturated carbocycles. The van der Waals surface area contributed by atoms with Crippen molar-refractivity contribution in [3.8, 4) is 22.9 Å². The van der Waals surface area contributed by atoms with Crippen molar-refractivity contribution >= 4 is 37.7 Å². The molecule has 0 fully saturated rings. The normalized spacial score (nSPS) is 11.3. The molecule has 0 amide bonds. The fourth-order valence-electron chi connectivity index (χ4n) is 4.05. The number of aromatic nitrogens is 3.